The van der Waals surface area contributed by atoms with Crippen LogP contribution in [-0.4, -0.2) is 19.1 Å². The van der Waals surface area contributed by atoms with Crippen LogP contribution < -0.4 is 10.1 Å². The van der Waals surface area contributed by atoms with Gasteiger partial charge in [0.25, 0.3) is 0 Å². The fourth-order valence-electron chi connectivity index (χ4n) is 1.73. The Labute approximate surface area is 89.4 Å². The molecule has 3 nitrogen and oxygen atoms in total. The summed E-state index contributed by atoms with van der Waals surface area (Å²) in [5, 5.41) is 3.15. The monoisotopic (exact) mass is 205 g/mol. The molecule has 80 valence electrons. The van der Waals surface area contributed by atoms with Crippen molar-refractivity contribution >= 4 is 5.97 Å². The third-order valence-corrected chi connectivity index (χ3v) is 2.60. The second kappa shape index (κ2) is 4.45. The van der Waals surface area contributed by atoms with E-state index in [1.54, 1.807) is 0 Å². The third kappa shape index (κ3) is 2.57. The highest BCUT2D eigenvalue weighted by atomic mass is 16.5. The molecular formula is C12H15NO2. The summed E-state index contributed by atoms with van der Waals surface area (Å²) in [6.07, 6.45) is 0.880. The van der Waals surface area contributed by atoms with Gasteiger partial charge >= 0.3 is 5.97 Å². The number of hydrogen-bond acceptors (Lipinski definition) is 3. The molecule has 1 unspecified atom stereocenters. The fourth-order valence-corrected chi connectivity index (χ4v) is 1.73. The van der Waals surface area contributed by atoms with Gasteiger partial charge in [0, 0.05) is 6.54 Å². The zero-order valence-electron chi connectivity index (χ0n) is 8.82. The molecule has 0 bridgehead atoms. The number of aryl methyl sites for hydroxylation is 1. The minimum atomic E-state index is -0.120. The lowest BCUT2D eigenvalue weighted by Crippen LogP contribution is -2.22. The number of esters is 1. The molecule has 0 aliphatic carbocycles. The van der Waals surface area contributed by atoms with Crippen LogP contribution in [0.4, 0.5) is 0 Å². The summed E-state index contributed by atoms with van der Waals surface area (Å²) >= 11 is 0. The molecule has 0 amide bonds. The van der Waals surface area contributed by atoms with Crippen LogP contribution in [0.15, 0.2) is 24.3 Å². The standard InChI is InChI=1S/C12H15NO2/c1-9-3-2-4-11(7-9)15-12(14)10-5-6-13-8-10/h2-4,7,10,13H,5-6,8H2,1H3. The lowest BCUT2D eigenvalue weighted by atomic mass is 10.1. The van der Waals surface area contributed by atoms with Crippen LogP contribution in [0.25, 0.3) is 0 Å². The van der Waals surface area contributed by atoms with E-state index >= 15 is 0 Å². The first-order valence-electron chi connectivity index (χ1n) is 5.25. The van der Waals surface area contributed by atoms with Gasteiger partial charge in [-0.05, 0) is 37.6 Å². The van der Waals surface area contributed by atoms with E-state index in [0.29, 0.717) is 5.75 Å². The smallest absolute Gasteiger partial charge is 0.315 e. The molecule has 1 aromatic rings. The first-order valence-corrected chi connectivity index (χ1v) is 5.25. The summed E-state index contributed by atoms with van der Waals surface area (Å²) in [7, 11) is 0. The number of ether oxygens (including phenoxy) is 1. The van der Waals surface area contributed by atoms with Gasteiger partial charge in [-0.2, -0.15) is 0 Å². The predicted molar refractivity (Wildman–Crippen MR) is 57.8 cm³/mol. The van der Waals surface area contributed by atoms with Gasteiger partial charge < -0.3 is 10.1 Å². The van der Waals surface area contributed by atoms with Gasteiger partial charge in [-0.1, -0.05) is 12.1 Å². The first-order chi connectivity index (χ1) is 7.25. The van der Waals surface area contributed by atoms with Crippen molar-refractivity contribution in [3.05, 3.63) is 29.8 Å². The topological polar surface area (TPSA) is 38.3 Å². The quantitative estimate of drug-likeness (QED) is 0.587. The van der Waals surface area contributed by atoms with Crippen molar-refractivity contribution in [1.82, 2.24) is 5.32 Å². The minimum absolute atomic E-state index is 0.0190. The van der Waals surface area contributed by atoms with Crippen molar-refractivity contribution in [1.29, 1.82) is 0 Å². The first kappa shape index (κ1) is 10.2. The van der Waals surface area contributed by atoms with Crippen molar-refractivity contribution in [3.63, 3.8) is 0 Å². The van der Waals surface area contributed by atoms with Crippen molar-refractivity contribution < 1.29 is 9.53 Å². The zero-order valence-corrected chi connectivity index (χ0v) is 8.82. The molecule has 1 heterocycles. The Hall–Kier alpha value is -1.35. The normalized spacial score (nSPS) is 20.2. The molecule has 0 radical (unpaired) electrons. The van der Waals surface area contributed by atoms with Crippen molar-refractivity contribution in [2.24, 2.45) is 5.92 Å². The largest absolute Gasteiger partial charge is 0.426 e. The number of benzene rings is 1. The van der Waals surface area contributed by atoms with E-state index in [-0.39, 0.29) is 11.9 Å². The lowest BCUT2D eigenvalue weighted by Gasteiger charge is -2.08. The average Bonchev–Trinajstić information content (AvgIpc) is 2.70. The van der Waals surface area contributed by atoms with Gasteiger partial charge in [-0.15, -0.1) is 0 Å². The van der Waals surface area contributed by atoms with Gasteiger partial charge in [-0.3, -0.25) is 4.79 Å². The molecule has 0 aromatic heterocycles. The summed E-state index contributed by atoms with van der Waals surface area (Å²) < 4.78 is 5.30. The lowest BCUT2D eigenvalue weighted by molar-refractivity contribution is -0.138. The summed E-state index contributed by atoms with van der Waals surface area (Å²) in [5.74, 6) is 0.544. The van der Waals surface area contributed by atoms with Crippen LogP contribution in [-0.2, 0) is 4.79 Å². The number of carbonyl (C=O) groups is 1. The molecule has 3 heteroatoms. The van der Waals surface area contributed by atoms with Crippen LogP contribution >= 0.6 is 0 Å². The van der Waals surface area contributed by atoms with Crippen LogP contribution in [0.3, 0.4) is 0 Å². The Bertz CT molecular complexity index is 356. The zero-order chi connectivity index (χ0) is 10.7. The van der Waals surface area contributed by atoms with Crippen LogP contribution in [0.1, 0.15) is 12.0 Å². The molecule has 1 atom stereocenters. The van der Waals surface area contributed by atoms with Crippen LogP contribution in [0.5, 0.6) is 5.75 Å². The third-order valence-electron chi connectivity index (χ3n) is 2.60. The predicted octanol–water partition coefficient (Wildman–Crippen LogP) is 1.51. The second-order valence-electron chi connectivity index (χ2n) is 3.93. The summed E-state index contributed by atoms with van der Waals surface area (Å²) in [4.78, 5) is 11.7. The van der Waals surface area contributed by atoms with Crippen LogP contribution in [0.2, 0.25) is 0 Å². The molecule has 0 spiro atoms. The van der Waals surface area contributed by atoms with E-state index in [2.05, 4.69) is 5.32 Å². The molecule has 1 N–H and O–H groups in total. The fraction of sp³-hybridized carbons (Fsp3) is 0.417. The molecule has 1 saturated heterocycles. The highest BCUT2D eigenvalue weighted by Crippen LogP contribution is 2.16. The molecule has 1 aromatic carbocycles. The molecular weight excluding hydrogens is 190 g/mol. The van der Waals surface area contributed by atoms with Gasteiger partial charge in [0.2, 0.25) is 0 Å². The maximum Gasteiger partial charge on any atom is 0.315 e. The number of hydrogen-bond donors (Lipinski definition) is 1. The SMILES string of the molecule is Cc1cccc(OC(=O)C2CCNC2)c1. The summed E-state index contributed by atoms with van der Waals surface area (Å²) in [6.45, 7) is 3.63. The average molecular weight is 205 g/mol. The van der Waals surface area contributed by atoms with E-state index in [4.69, 9.17) is 4.74 Å². The van der Waals surface area contributed by atoms with Crippen molar-refractivity contribution in [2.75, 3.05) is 13.1 Å². The molecule has 15 heavy (non-hydrogen) atoms. The van der Waals surface area contributed by atoms with Gasteiger partial charge in [-0.25, -0.2) is 0 Å². The Kier molecular flexibility index (Phi) is 3.02. The minimum Gasteiger partial charge on any atom is -0.426 e. The maximum absolute atomic E-state index is 11.7. The molecule has 1 aliphatic rings. The Morgan fingerprint density at radius 2 is 2.40 bits per heavy atom. The molecule has 2 rings (SSSR count). The van der Waals surface area contributed by atoms with Crippen molar-refractivity contribution in [2.45, 2.75) is 13.3 Å². The van der Waals surface area contributed by atoms with E-state index in [1.165, 1.54) is 0 Å². The maximum atomic E-state index is 11.7. The number of nitrogens with one attached hydrogen (secondary N) is 1. The molecule has 0 saturated carbocycles. The summed E-state index contributed by atoms with van der Waals surface area (Å²) in [5.41, 5.74) is 1.10. The highest BCUT2D eigenvalue weighted by Gasteiger charge is 2.24. The summed E-state index contributed by atoms with van der Waals surface area (Å²) in [6, 6.07) is 7.56. The van der Waals surface area contributed by atoms with Crippen molar-refractivity contribution in [3.8, 4) is 5.75 Å². The van der Waals surface area contributed by atoms with Gasteiger partial charge in [0.1, 0.15) is 5.75 Å². The number of rotatable bonds is 2. The van der Waals surface area contributed by atoms with Crippen LogP contribution in [0, 0.1) is 12.8 Å². The van der Waals surface area contributed by atoms with E-state index in [1.807, 2.05) is 31.2 Å². The Morgan fingerprint density at radius 3 is 3.07 bits per heavy atom. The molecule has 1 aliphatic heterocycles. The van der Waals surface area contributed by atoms with Gasteiger partial charge in [0.15, 0.2) is 0 Å². The molecule has 1 fully saturated rings. The van der Waals surface area contributed by atoms with E-state index in [0.717, 1.165) is 25.1 Å². The van der Waals surface area contributed by atoms with E-state index < -0.39 is 0 Å². The Balaban J connectivity index is 1.99. The second-order valence-corrected chi connectivity index (χ2v) is 3.93. The van der Waals surface area contributed by atoms with Gasteiger partial charge in [0.05, 0.1) is 5.92 Å². The van der Waals surface area contributed by atoms with E-state index in [9.17, 15) is 4.79 Å². The number of carbonyl (C=O) groups excluding carboxylic acids is 1. The highest BCUT2D eigenvalue weighted by molar-refractivity contribution is 5.75. The Morgan fingerprint density at radius 1 is 1.53 bits per heavy atom.